The van der Waals surface area contributed by atoms with Crippen LogP contribution in [0, 0.1) is 5.41 Å². The molecule has 2 aromatic rings. The molecule has 1 amide bonds. The molecular weight excluding hydrogens is 320 g/mol. The van der Waals surface area contributed by atoms with Crippen molar-refractivity contribution in [2.75, 3.05) is 13.1 Å². The molecule has 124 valence electrons. The first-order valence-corrected chi connectivity index (χ1v) is 8.84. The Morgan fingerprint density at radius 2 is 1.83 bits per heavy atom. The van der Waals surface area contributed by atoms with Gasteiger partial charge in [-0.1, -0.05) is 48.0 Å². The molecule has 24 heavy (non-hydrogen) atoms. The van der Waals surface area contributed by atoms with Gasteiger partial charge in [0, 0.05) is 24.7 Å². The number of hydrogen-bond donors (Lipinski definition) is 1. The number of rotatable bonds is 2. The van der Waals surface area contributed by atoms with E-state index in [1.54, 1.807) is 0 Å². The van der Waals surface area contributed by atoms with Gasteiger partial charge < -0.3 is 5.32 Å². The van der Waals surface area contributed by atoms with Crippen LogP contribution in [0.1, 0.15) is 23.1 Å². The highest BCUT2D eigenvalue weighted by atomic mass is 35.5. The minimum atomic E-state index is -0.293. The van der Waals surface area contributed by atoms with E-state index < -0.39 is 0 Å². The summed E-state index contributed by atoms with van der Waals surface area (Å²) in [5.74, 6) is 0.206. The lowest BCUT2D eigenvalue weighted by atomic mass is 9.80. The number of carbonyl (C=O) groups excluding carboxylic acids is 1. The molecule has 4 heteroatoms. The van der Waals surface area contributed by atoms with E-state index in [2.05, 4.69) is 40.5 Å². The van der Waals surface area contributed by atoms with Gasteiger partial charge in [-0.05, 0) is 48.2 Å². The van der Waals surface area contributed by atoms with E-state index in [9.17, 15) is 4.79 Å². The van der Waals surface area contributed by atoms with Crippen molar-refractivity contribution in [2.45, 2.75) is 25.9 Å². The maximum atomic E-state index is 12.8. The third kappa shape index (κ3) is 2.94. The van der Waals surface area contributed by atoms with Crippen LogP contribution in [0.5, 0.6) is 0 Å². The number of amides is 1. The van der Waals surface area contributed by atoms with Crippen molar-refractivity contribution in [2.24, 2.45) is 5.41 Å². The molecule has 1 atom stereocenters. The number of halogens is 1. The standard InChI is InChI=1S/C20H21ClN2O/c21-18-7-5-15(6-8-18)13-23-10-9-20(14-23)11-16-3-1-2-4-17(16)12-22-19(20)24/h1-8H,9-14H2,(H,22,24). The molecule has 0 aliphatic carbocycles. The Morgan fingerprint density at radius 3 is 2.62 bits per heavy atom. The van der Waals surface area contributed by atoms with Crippen molar-refractivity contribution < 1.29 is 4.79 Å². The quantitative estimate of drug-likeness (QED) is 0.908. The topological polar surface area (TPSA) is 32.3 Å². The monoisotopic (exact) mass is 340 g/mol. The van der Waals surface area contributed by atoms with Crippen molar-refractivity contribution in [3.63, 3.8) is 0 Å². The maximum absolute atomic E-state index is 12.8. The number of hydrogen-bond acceptors (Lipinski definition) is 2. The van der Waals surface area contributed by atoms with Crippen molar-refractivity contribution >= 4 is 17.5 Å². The summed E-state index contributed by atoms with van der Waals surface area (Å²) in [6.45, 7) is 3.29. The van der Waals surface area contributed by atoms with E-state index in [0.29, 0.717) is 6.54 Å². The lowest BCUT2D eigenvalue weighted by Gasteiger charge is -2.26. The third-order valence-electron chi connectivity index (χ3n) is 5.32. The average Bonchev–Trinajstić information content (AvgIpc) is 2.93. The Bertz CT molecular complexity index is 758. The highest BCUT2D eigenvalue weighted by molar-refractivity contribution is 6.30. The molecule has 0 aromatic heterocycles. The Balaban J connectivity index is 1.53. The van der Waals surface area contributed by atoms with Gasteiger partial charge in [0.2, 0.25) is 5.91 Å². The van der Waals surface area contributed by atoms with Gasteiger partial charge in [-0.3, -0.25) is 9.69 Å². The van der Waals surface area contributed by atoms with Gasteiger partial charge in [0.1, 0.15) is 0 Å². The Labute approximate surface area is 147 Å². The van der Waals surface area contributed by atoms with Gasteiger partial charge in [0.25, 0.3) is 0 Å². The smallest absolute Gasteiger partial charge is 0.228 e. The fourth-order valence-electron chi connectivity index (χ4n) is 3.98. The molecule has 2 aliphatic rings. The number of benzene rings is 2. The summed E-state index contributed by atoms with van der Waals surface area (Å²) in [5, 5.41) is 3.90. The van der Waals surface area contributed by atoms with Crippen molar-refractivity contribution in [1.29, 1.82) is 0 Å². The molecule has 4 rings (SSSR count). The maximum Gasteiger partial charge on any atom is 0.228 e. The molecule has 0 saturated carbocycles. The van der Waals surface area contributed by atoms with E-state index in [1.165, 1.54) is 16.7 Å². The molecule has 2 aliphatic heterocycles. The highest BCUT2D eigenvalue weighted by Gasteiger charge is 2.45. The summed E-state index contributed by atoms with van der Waals surface area (Å²) in [6, 6.07) is 16.4. The molecule has 1 unspecified atom stereocenters. The minimum absolute atomic E-state index is 0.206. The molecule has 1 spiro atoms. The lowest BCUT2D eigenvalue weighted by molar-refractivity contribution is -0.130. The van der Waals surface area contributed by atoms with Crippen molar-refractivity contribution in [3.8, 4) is 0 Å². The summed E-state index contributed by atoms with van der Waals surface area (Å²) in [7, 11) is 0. The number of likely N-dealkylation sites (tertiary alicyclic amines) is 1. The van der Waals surface area contributed by atoms with Gasteiger partial charge >= 0.3 is 0 Å². The van der Waals surface area contributed by atoms with Gasteiger partial charge in [-0.2, -0.15) is 0 Å². The van der Waals surface area contributed by atoms with Crippen LogP contribution in [0.3, 0.4) is 0 Å². The summed E-state index contributed by atoms with van der Waals surface area (Å²) in [6.07, 6.45) is 1.76. The highest BCUT2D eigenvalue weighted by Crippen LogP contribution is 2.37. The second kappa shape index (κ2) is 6.23. The van der Waals surface area contributed by atoms with Crippen molar-refractivity contribution in [1.82, 2.24) is 10.2 Å². The first-order chi connectivity index (χ1) is 11.6. The molecular formula is C20H21ClN2O. The predicted molar refractivity (Wildman–Crippen MR) is 95.8 cm³/mol. The van der Waals surface area contributed by atoms with Crippen LogP contribution in [0.2, 0.25) is 5.02 Å². The molecule has 3 nitrogen and oxygen atoms in total. The summed E-state index contributed by atoms with van der Waals surface area (Å²) < 4.78 is 0. The second-order valence-corrected chi connectivity index (χ2v) is 7.43. The predicted octanol–water partition coefficient (Wildman–Crippen LogP) is 3.40. The lowest BCUT2D eigenvalue weighted by Crippen LogP contribution is -2.42. The minimum Gasteiger partial charge on any atom is -0.351 e. The first-order valence-electron chi connectivity index (χ1n) is 8.47. The number of nitrogens with one attached hydrogen (secondary N) is 1. The van der Waals surface area contributed by atoms with Gasteiger partial charge in [-0.15, -0.1) is 0 Å². The van der Waals surface area contributed by atoms with Crippen LogP contribution >= 0.6 is 11.6 Å². The average molecular weight is 341 g/mol. The van der Waals surface area contributed by atoms with Gasteiger partial charge in [0.15, 0.2) is 0 Å². The van der Waals surface area contributed by atoms with Gasteiger partial charge in [0.05, 0.1) is 5.41 Å². The molecule has 1 N–H and O–H groups in total. The van der Waals surface area contributed by atoms with E-state index in [4.69, 9.17) is 11.6 Å². The van der Waals surface area contributed by atoms with Gasteiger partial charge in [-0.25, -0.2) is 0 Å². The van der Waals surface area contributed by atoms with E-state index in [-0.39, 0.29) is 11.3 Å². The molecule has 0 radical (unpaired) electrons. The Morgan fingerprint density at radius 1 is 1.08 bits per heavy atom. The van der Waals surface area contributed by atoms with E-state index in [0.717, 1.165) is 37.5 Å². The Hall–Kier alpha value is -1.84. The second-order valence-electron chi connectivity index (χ2n) is 7.00. The van der Waals surface area contributed by atoms with Crippen LogP contribution in [-0.2, 0) is 24.3 Å². The van der Waals surface area contributed by atoms with Crippen LogP contribution in [0.25, 0.3) is 0 Å². The zero-order valence-electron chi connectivity index (χ0n) is 13.6. The summed E-state index contributed by atoms with van der Waals surface area (Å²) in [5.41, 5.74) is 3.51. The first kappa shape index (κ1) is 15.7. The molecule has 0 bridgehead atoms. The van der Waals surface area contributed by atoms with Crippen LogP contribution < -0.4 is 5.32 Å². The Kier molecular flexibility index (Phi) is 4.07. The fourth-order valence-corrected chi connectivity index (χ4v) is 4.11. The number of fused-ring (bicyclic) bond motifs is 1. The summed E-state index contributed by atoms with van der Waals surface area (Å²) in [4.78, 5) is 15.2. The molecule has 2 heterocycles. The van der Waals surface area contributed by atoms with E-state index in [1.807, 2.05) is 18.2 Å². The fraction of sp³-hybridized carbons (Fsp3) is 0.350. The van der Waals surface area contributed by atoms with Crippen LogP contribution in [0.15, 0.2) is 48.5 Å². The molecule has 1 fully saturated rings. The molecule has 2 aromatic carbocycles. The van der Waals surface area contributed by atoms with Crippen LogP contribution in [-0.4, -0.2) is 23.9 Å². The zero-order chi connectivity index (χ0) is 16.6. The third-order valence-corrected chi connectivity index (χ3v) is 5.57. The van der Waals surface area contributed by atoms with Crippen LogP contribution in [0.4, 0.5) is 0 Å². The molecule has 1 saturated heterocycles. The largest absolute Gasteiger partial charge is 0.351 e. The summed E-state index contributed by atoms with van der Waals surface area (Å²) >= 11 is 5.96. The number of nitrogens with zero attached hydrogens (tertiary/aromatic N) is 1. The zero-order valence-corrected chi connectivity index (χ0v) is 14.4. The van der Waals surface area contributed by atoms with E-state index >= 15 is 0 Å². The number of carbonyl (C=O) groups is 1. The SMILES string of the molecule is O=C1NCc2ccccc2CC12CCN(Cc1ccc(Cl)cc1)C2. The normalized spacial score (nSPS) is 23.8. The van der Waals surface area contributed by atoms with Crippen molar-refractivity contribution in [3.05, 3.63) is 70.2 Å².